The number of aryl methyl sites for hydroxylation is 1. The molecule has 130 valence electrons. The lowest BCUT2D eigenvalue weighted by atomic mass is 9.97. The SMILES string of the molecule is Cc1ccc(C(NC(=O)c2ccc3c(c2)OCO3)c2ccccc2)cc1. The van der Waals surface area contributed by atoms with Crippen LogP contribution < -0.4 is 14.8 Å². The summed E-state index contributed by atoms with van der Waals surface area (Å²) in [5.41, 5.74) is 3.80. The fourth-order valence-electron chi connectivity index (χ4n) is 3.02. The number of carbonyl (C=O) groups is 1. The molecule has 0 radical (unpaired) electrons. The summed E-state index contributed by atoms with van der Waals surface area (Å²) >= 11 is 0. The molecular formula is C22H19NO3. The highest BCUT2D eigenvalue weighted by Gasteiger charge is 2.20. The van der Waals surface area contributed by atoms with Gasteiger partial charge in [-0.15, -0.1) is 0 Å². The first-order chi connectivity index (χ1) is 12.7. The Morgan fingerprint density at radius 1 is 0.885 bits per heavy atom. The average Bonchev–Trinajstić information content (AvgIpc) is 3.15. The maximum atomic E-state index is 12.9. The van der Waals surface area contributed by atoms with Crippen LogP contribution in [-0.2, 0) is 0 Å². The van der Waals surface area contributed by atoms with E-state index in [4.69, 9.17) is 9.47 Å². The lowest BCUT2D eigenvalue weighted by molar-refractivity contribution is 0.0942. The first-order valence-electron chi connectivity index (χ1n) is 8.53. The zero-order valence-electron chi connectivity index (χ0n) is 14.4. The summed E-state index contributed by atoms with van der Waals surface area (Å²) < 4.78 is 10.7. The molecule has 3 aromatic carbocycles. The van der Waals surface area contributed by atoms with Gasteiger partial charge >= 0.3 is 0 Å². The van der Waals surface area contributed by atoms with Crippen molar-refractivity contribution in [3.8, 4) is 11.5 Å². The fourth-order valence-corrected chi connectivity index (χ4v) is 3.02. The second kappa shape index (κ2) is 6.92. The van der Waals surface area contributed by atoms with Gasteiger partial charge in [-0.2, -0.15) is 0 Å². The Morgan fingerprint density at radius 2 is 1.58 bits per heavy atom. The number of ether oxygens (including phenoxy) is 2. The van der Waals surface area contributed by atoms with Gasteiger partial charge in [-0.3, -0.25) is 4.79 Å². The van der Waals surface area contributed by atoms with Crippen LogP contribution in [0.1, 0.15) is 33.1 Å². The van der Waals surface area contributed by atoms with E-state index in [1.54, 1.807) is 18.2 Å². The van der Waals surface area contributed by atoms with Crippen molar-refractivity contribution in [1.82, 2.24) is 5.32 Å². The van der Waals surface area contributed by atoms with E-state index in [0.717, 1.165) is 11.1 Å². The molecule has 0 aromatic heterocycles. The predicted molar refractivity (Wildman–Crippen MR) is 99.5 cm³/mol. The van der Waals surface area contributed by atoms with Gasteiger partial charge < -0.3 is 14.8 Å². The predicted octanol–water partition coefficient (Wildman–Crippen LogP) is 4.24. The molecule has 0 saturated carbocycles. The van der Waals surface area contributed by atoms with Crippen molar-refractivity contribution in [2.24, 2.45) is 0 Å². The summed E-state index contributed by atoms with van der Waals surface area (Å²) in [4.78, 5) is 12.9. The molecule has 26 heavy (non-hydrogen) atoms. The summed E-state index contributed by atoms with van der Waals surface area (Å²) in [6.45, 7) is 2.24. The van der Waals surface area contributed by atoms with Crippen LogP contribution in [-0.4, -0.2) is 12.7 Å². The Morgan fingerprint density at radius 3 is 2.35 bits per heavy atom. The van der Waals surface area contributed by atoms with Gasteiger partial charge in [0.1, 0.15) is 0 Å². The maximum Gasteiger partial charge on any atom is 0.252 e. The minimum absolute atomic E-state index is 0.155. The van der Waals surface area contributed by atoms with Crippen molar-refractivity contribution < 1.29 is 14.3 Å². The van der Waals surface area contributed by atoms with Gasteiger partial charge in [0, 0.05) is 5.56 Å². The van der Waals surface area contributed by atoms with Gasteiger partial charge in [0.05, 0.1) is 6.04 Å². The van der Waals surface area contributed by atoms with Crippen molar-refractivity contribution in [2.45, 2.75) is 13.0 Å². The van der Waals surface area contributed by atoms with Crippen LogP contribution in [0, 0.1) is 6.92 Å². The van der Waals surface area contributed by atoms with Crippen LogP contribution in [0.25, 0.3) is 0 Å². The van der Waals surface area contributed by atoms with E-state index in [0.29, 0.717) is 17.1 Å². The zero-order valence-corrected chi connectivity index (χ0v) is 14.4. The standard InChI is InChI=1S/C22H19NO3/c1-15-7-9-17(10-8-15)21(16-5-3-2-4-6-16)23-22(24)18-11-12-19-20(13-18)26-14-25-19/h2-13,21H,14H2,1H3,(H,23,24). The van der Waals surface area contributed by atoms with Gasteiger partial charge in [-0.25, -0.2) is 0 Å². The van der Waals surface area contributed by atoms with E-state index in [2.05, 4.69) is 17.4 Å². The Kier molecular flexibility index (Phi) is 4.32. The number of hydrogen-bond acceptors (Lipinski definition) is 3. The molecule has 3 aromatic rings. The number of rotatable bonds is 4. The van der Waals surface area contributed by atoms with E-state index < -0.39 is 0 Å². The molecule has 4 rings (SSSR count). The van der Waals surface area contributed by atoms with Crippen LogP contribution in [0.3, 0.4) is 0 Å². The minimum Gasteiger partial charge on any atom is -0.454 e. The molecule has 0 fully saturated rings. The monoisotopic (exact) mass is 345 g/mol. The lowest BCUT2D eigenvalue weighted by Crippen LogP contribution is -2.29. The molecule has 4 heteroatoms. The van der Waals surface area contributed by atoms with Crippen molar-refractivity contribution in [3.63, 3.8) is 0 Å². The molecule has 0 spiro atoms. The molecule has 1 heterocycles. The Labute approximate surface area is 152 Å². The number of hydrogen-bond donors (Lipinski definition) is 1. The Hall–Kier alpha value is -3.27. The Balaban J connectivity index is 1.64. The number of fused-ring (bicyclic) bond motifs is 1. The highest BCUT2D eigenvalue weighted by Crippen LogP contribution is 2.33. The van der Waals surface area contributed by atoms with E-state index in [-0.39, 0.29) is 18.7 Å². The van der Waals surface area contributed by atoms with Gasteiger partial charge in [0.2, 0.25) is 6.79 Å². The van der Waals surface area contributed by atoms with E-state index in [9.17, 15) is 4.79 Å². The molecule has 1 aliphatic rings. The van der Waals surface area contributed by atoms with Crippen LogP contribution in [0.5, 0.6) is 11.5 Å². The summed E-state index contributed by atoms with van der Waals surface area (Å²) in [6.07, 6.45) is 0. The van der Waals surface area contributed by atoms with E-state index in [1.165, 1.54) is 5.56 Å². The fraction of sp³-hybridized carbons (Fsp3) is 0.136. The van der Waals surface area contributed by atoms with E-state index in [1.807, 2.05) is 49.4 Å². The summed E-state index contributed by atoms with van der Waals surface area (Å²) in [5.74, 6) is 1.11. The van der Waals surface area contributed by atoms with Crippen molar-refractivity contribution >= 4 is 5.91 Å². The van der Waals surface area contributed by atoms with Crippen LogP contribution >= 0.6 is 0 Å². The molecule has 1 unspecified atom stereocenters. The lowest BCUT2D eigenvalue weighted by Gasteiger charge is -2.20. The average molecular weight is 345 g/mol. The third-order valence-corrected chi connectivity index (χ3v) is 4.45. The molecule has 1 aliphatic heterocycles. The molecule has 0 aliphatic carbocycles. The first kappa shape index (κ1) is 16.2. The van der Waals surface area contributed by atoms with Gasteiger partial charge in [0.25, 0.3) is 5.91 Å². The normalized spacial score (nSPS) is 13.3. The smallest absolute Gasteiger partial charge is 0.252 e. The van der Waals surface area contributed by atoms with Gasteiger partial charge in [-0.05, 0) is 36.2 Å². The third kappa shape index (κ3) is 3.26. The second-order valence-electron chi connectivity index (χ2n) is 6.30. The van der Waals surface area contributed by atoms with Gasteiger partial charge in [0.15, 0.2) is 11.5 Å². The summed E-state index contributed by atoms with van der Waals surface area (Å²) in [6, 6.07) is 23.2. The Bertz CT molecular complexity index is 920. The molecule has 4 nitrogen and oxygen atoms in total. The summed E-state index contributed by atoms with van der Waals surface area (Å²) in [5, 5.41) is 3.14. The van der Waals surface area contributed by atoms with Crippen molar-refractivity contribution in [3.05, 3.63) is 95.1 Å². The molecular weight excluding hydrogens is 326 g/mol. The minimum atomic E-state index is -0.227. The molecule has 0 saturated heterocycles. The quantitative estimate of drug-likeness (QED) is 0.769. The largest absolute Gasteiger partial charge is 0.454 e. The van der Waals surface area contributed by atoms with Crippen LogP contribution in [0.2, 0.25) is 0 Å². The molecule has 0 bridgehead atoms. The number of nitrogens with one attached hydrogen (secondary N) is 1. The van der Waals surface area contributed by atoms with Gasteiger partial charge in [-0.1, -0.05) is 60.2 Å². The molecule has 1 N–H and O–H groups in total. The highest BCUT2D eigenvalue weighted by atomic mass is 16.7. The summed E-state index contributed by atoms with van der Waals surface area (Å²) in [7, 11) is 0. The van der Waals surface area contributed by atoms with Crippen molar-refractivity contribution in [2.75, 3.05) is 6.79 Å². The topological polar surface area (TPSA) is 47.6 Å². The maximum absolute atomic E-state index is 12.9. The number of amides is 1. The first-order valence-corrected chi connectivity index (χ1v) is 8.53. The van der Waals surface area contributed by atoms with Crippen LogP contribution in [0.4, 0.5) is 0 Å². The van der Waals surface area contributed by atoms with E-state index >= 15 is 0 Å². The molecule has 1 atom stereocenters. The van der Waals surface area contributed by atoms with Crippen LogP contribution in [0.15, 0.2) is 72.8 Å². The second-order valence-corrected chi connectivity index (χ2v) is 6.30. The highest BCUT2D eigenvalue weighted by molar-refractivity contribution is 5.95. The number of carbonyl (C=O) groups excluding carboxylic acids is 1. The number of benzene rings is 3. The molecule has 1 amide bonds. The van der Waals surface area contributed by atoms with Crippen molar-refractivity contribution in [1.29, 1.82) is 0 Å². The zero-order chi connectivity index (χ0) is 17.9. The third-order valence-electron chi connectivity index (χ3n) is 4.45.